The van der Waals surface area contributed by atoms with Gasteiger partial charge >= 0.3 is 0 Å². The largest absolute Gasteiger partial charge is 0.493 e. The third-order valence-electron chi connectivity index (χ3n) is 2.65. The molecule has 0 N–H and O–H groups in total. The molecular formula is C16H25NO2. The Morgan fingerprint density at radius 2 is 1.89 bits per heavy atom. The maximum Gasteiger partial charge on any atom is 0.253 e. The molecule has 106 valence electrons. The van der Waals surface area contributed by atoms with Gasteiger partial charge in [-0.1, -0.05) is 33.8 Å². The highest BCUT2D eigenvalue weighted by Crippen LogP contribution is 2.16. The fourth-order valence-corrected chi connectivity index (χ4v) is 1.83. The van der Waals surface area contributed by atoms with E-state index in [1.165, 1.54) is 0 Å². The van der Waals surface area contributed by atoms with Crippen molar-refractivity contribution < 1.29 is 9.53 Å². The van der Waals surface area contributed by atoms with Crippen molar-refractivity contribution in [3.63, 3.8) is 0 Å². The summed E-state index contributed by atoms with van der Waals surface area (Å²) >= 11 is 0. The van der Waals surface area contributed by atoms with Crippen LogP contribution in [-0.4, -0.2) is 31.0 Å². The topological polar surface area (TPSA) is 29.5 Å². The van der Waals surface area contributed by atoms with Crippen molar-refractivity contribution in [2.45, 2.75) is 27.7 Å². The van der Waals surface area contributed by atoms with Crippen LogP contribution in [0.1, 0.15) is 38.1 Å². The van der Waals surface area contributed by atoms with Gasteiger partial charge in [-0.05, 0) is 30.0 Å². The van der Waals surface area contributed by atoms with Crippen LogP contribution < -0.4 is 4.74 Å². The summed E-state index contributed by atoms with van der Waals surface area (Å²) in [4.78, 5) is 14.0. The number of carbonyl (C=O) groups excluding carboxylic acids is 1. The Balaban J connectivity index is 2.72. The maximum atomic E-state index is 12.2. The molecule has 0 spiro atoms. The Kier molecular flexibility index (Phi) is 5.87. The number of ether oxygens (including phenoxy) is 1. The molecule has 0 saturated carbocycles. The summed E-state index contributed by atoms with van der Waals surface area (Å²) in [6.45, 7) is 9.84. The number of hydrogen-bond donors (Lipinski definition) is 0. The molecule has 0 heterocycles. The zero-order valence-corrected chi connectivity index (χ0v) is 12.6. The van der Waals surface area contributed by atoms with E-state index in [1.807, 2.05) is 31.3 Å². The van der Waals surface area contributed by atoms with E-state index in [4.69, 9.17) is 4.74 Å². The van der Waals surface area contributed by atoms with Crippen LogP contribution in [0, 0.1) is 11.8 Å². The number of carbonyl (C=O) groups is 1. The number of hydrogen-bond acceptors (Lipinski definition) is 2. The van der Waals surface area contributed by atoms with Crippen molar-refractivity contribution in [1.82, 2.24) is 4.90 Å². The van der Waals surface area contributed by atoms with E-state index >= 15 is 0 Å². The normalized spacial score (nSPS) is 10.9. The van der Waals surface area contributed by atoms with Gasteiger partial charge in [-0.3, -0.25) is 4.79 Å². The molecule has 0 radical (unpaired) electrons. The molecule has 0 atom stereocenters. The second-order valence-electron chi connectivity index (χ2n) is 5.81. The van der Waals surface area contributed by atoms with Gasteiger partial charge in [0.25, 0.3) is 5.91 Å². The lowest BCUT2D eigenvalue weighted by molar-refractivity contribution is 0.0778. The van der Waals surface area contributed by atoms with Crippen molar-refractivity contribution in [3.05, 3.63) is 29.8 Å². The van der Waals surface area contributed by atoms with Crippen molar-refractivity contribution in [2.75, 3.05) is 20.2 Å². The molecule has 1 aromatic carbocycles. The molecule has 0 aliphatic heterocycles. The van der Waals surface area contributed by atoms with Gasteiger partial charge in [-0.15, -0.1) is 0 Å². The highest BCUT2D eigenvalue weighted by atomic mass is 16.5. The Morgan fingerprint density at radius 3 is 2.47 bits per heavy atom. The van der Waals surface area contributed by atoms with Gasteiger partial charge in [-0.2, -0.15) is 0 Å². The molecule has 3 nitrogen and oxygen atoms in total. The first-order valence-corrected chi connectivity index (χ1v) is 6.88. The van der Waals surface area contributed by atoms with Crippen LogP contribution in [0.25, 0.3) is 0 Å². The summed E-state index contributed by atoms with van der Waals surface area (Å²) in [5.74, 6) is 1.75. The van der Waals surface area contributed by atoms with Crippen molar-refractivity contribution >= 4 is 5.91 Å². The number of amides is 1. The molecule has 3 heteroatoms. The summed E-state index contributed by atoms with van der Waals surface area (Å²) in [6, 6.07) is 7.41. The Bertz CT molecular complexity index is 413. The van der Waals surface area contributed by atoms with Gasteiger partial charge in [0.05, 0.1) is 6.61 Å². The van der Waals surface area contributed by atoms with Crippen molar-refractivity contribution in [1.29, 1.82) is 0 Å². The quantitative estimate of drug-likeness (QED) is 0.786. The summed E-state index contributed by atoms with van der Waals surface area (Å²) in [6.07, 6.45) is 0. The van der Waals surface area contributed by atoms with Crippen LogP contribution in [-0.2, 0) is 0 Å². The SMILES string of the molecule is CC(C)COc1cccc(C(=O)N(C)CC(C)C)c1. The maximum absolute atomic E-state index is 12.2. The van der Waals surface area contributed by atoms with Gasteiger partial charge in [-0.25, -0.2) is 0 Å². The van der Waals surface area contributed by atoms with Gasteiger partial charge in [0.1, 0.15) is 5.75 Å². The lowest BCUT2D eigenvalue weighted by Crippen LogP contribution is -2.30. The van der Waals surface area contributed by atoms with Crippen molar-refractivity contribution in [3.8, 4) is 5.75 Å². The third-order valence-corrected chi connectivity index (χ3v) is 2.65. The first kappa shape index (κ1) is 15.5. The van der Waals surface area contributed by atoms with Gasteiger partial charge < -0.3 is 9.64 Å². The molecule has 1 rings (SSSR count). The Morgan fingerprint density at radius 1 is 1.21 bits per heavy atom. The van der Waals surface area contributed by atoms with Crippen LogP contribution in [0.2, 0.25) is 0 Å². The molecule has 0 aliphatic carbocycles. The average molecular weight is 263 g/mol. The van der Waals surface area contributed by atoms with Crippen LogP contribution in [0.3, 0.4) is 0 Å². The summed E-state index contributed by atoms with van der Waals surface area (Å²) < 4.78 is 5.65. The summed E-state index contributed by atoms with van der Waals surface area (Å²) in [5.41, 5.74) is 0.685. The second kappa shape index (κ2) is 7.17. The molecule has 0 aliphatic rings. The van der Waals surface area contributed by atoms with E-state index in [-0.39, 0.29) is 5.91 Å². The highest BCUT2D eigenvalue weighted by Gasteiger charge is 2.13. The number of nitrogens with zero attached hydrogens (tertiary/aromatic N) is 1. The summed E-state index contributed by atoms with van der Waals surface area (Å²) in [5, 5.41) is 0. The minimum Gasteiger partial charge on any atom is -0.493 e. The predicted octanol–water partition coefficient (Wildman–Crippen LogP) is 3.45. The monoisotopic (exact) mass is 263 g/mol. The average Bonchev–Trinajstić information content (AvgIpc) is 2.35. The van der Waals surface area contributed by atoms with E-state index < -0.39 is 0 Å². The van der Waals surface area contributed by atoms with Gasteiger partial charge in [0.2, 0.25) is 0 Å². The molecule has 1 amide bonds. The molecule has 0 unspecified atom stereocenters. The van der Waals surface area contributed by atoms with E-state index in [2.05, 4.69) is 27.7 Å². The Labute approximate surface area is 116 Å². The summed E-state index contributed by atoms with van der Waals surface area (Å²) in [7, 11) is 1.84. The zero-order valence-electron chi connectivity index (χ0n) is 12.6. The molecular weight excluding hydrogens is 238 g/mol. The second-order valence-corrected chi connectivity index (χ2v) is 5.81. The van der Waals surface area contributed by atoms with E-state index in [0.29, 0.717) is 24.0 Å². The Hall–Kier alpha value is -1.51. The van der Waals surface area contributed by atoms with E-state index in [0.717, 1.165) is 12.3 Å². The predicted molar refractivity (Wildman–Crippen MR) is 78.6 cm³/mol. The molecule has 0 bridgehead atoms. The van der Waals surface area contributed by atoms with Gasteiger partial charge in [0.15, 0.2) is 0 Å². The first-order valence-electron chi connectivity index (χ1n) is 6.88. The molecule has 19 heavy (non-hydrogen) atoms. The first-order chi connectivity index (χ1) is 8.90. The smallest absolute Gasteiger partial charge is 0.253 e. The fraction of sp³-hybridized carbons (Fsp3) is 0.562. The zero-order chi connectivity index (χ0) is 14.4. The number of rotatable bonds is 6. The molecule has 0 fully saturated rings. The highest BCUT2D eigenvalue weighted by molar-refractivity contribution is 5.94. The van der Waals surface area contributed by atoms with Crippen LogP contribution in [0.4, 0.5) is 0 Å². The third kappa shape index (κ3) is 5.33. The van der Waals surface area contributed by atoms with Crippen LogP contribution >= 0.6 is 0 Å². The number of benzene rings is 1. The van der Waals surface area contributed by atoms with Gasteiger partial charge in [0, 0.05) is 19.2 Å². The molecule has 1 aromatic rings. The van der Waals surface area contributed by atoms with E-state index in [9.17, 15) is 4.79 Å². The molecule has 0 aromatic heterocycles. The lowest BCUT2D eigenvalue weighted by atomic mass is 10.1. The van der Waals surface area contributed by atoms with Crippen LogP contribution in [0.5, 0.6) is 5.75 Å². The minimum absolute atomic E-state index is 0.0451. The van der Waals surface area contributed by atoms with Crippen molar-refractivity contribution in [2.24, 2.45) is 11.8 Å². The fourth-order valence-electron chi connectivity index (χ4n) is 1.83. The minimum atomic E-state index is 0.0451. The standard InChI is InChI=1S/C16H25NO2/c1-12(2)10-17(5)16(18)14-7-6-8-15(9-14)19-11-13(3)4/h6-9,12-13H,10-11H2,1-5H3. The lowest BCUT2D eigenvalue weighted by Gasteiger charge is -2.19. The molecule has 0 saturated heterocycles. The van der Waals surface area contributed by atoms with E-state index in [1.54, 1.807) is 4.90 Å². The van der Waals surface area contributed by atoms with Crippen LogP contribution in [0.15, 0.2) is 24.3 Å².